The first-order valence-corrected chi connectivity index (χ1v) is 5.85. The summed E-state index contributed by atoms with van der Waals surface area (Å²) in [5, 5.41) is 0. The highest BCUT2D eigenvalue weighted by Crippen LogP contribution is 2.25. The fraction of sp³-hybridized carbons (Fsp3) is 0.300. The molecule has 0 unspecified atom stereocenters. The Balaban J connectivity index is 2.43. The van der Waals surface area contributed by atoms with Crippen molar-refractivity contribution in [1.29, 1.82) is 0 Å². The van der Waals surface area contributed by atoms with Crippen molar-refractivity contribution in [3.8, 4) is 0 Å². The van der Waals surface area contributed by atoms with E-state index in [0.717, 1.165) is 21.9 Å². The summed E-state index contributed by atoms with van der Waals surface area (Å²) in [4.78, 5) is 4.47. The normalized spacial score (nSPS) is 16.0. The average Bonchev–Trinajstić information content (AvgIpc) is 2.61. The molecule has 0 fully saturated rings. The van der Waals surface area contributed by atoms with Crippen LogP contribution in [0, 0.1) is 0 Å². The van der Waals surface area contributed by atoms with Crippen molar-refractivity contribution >= 4 is 37.6 Å². The topological polar surface area (TPSA) is 12.4 Å². The van der Waals surface area contributed by atoms with E-state index in [2.05, 4.69) is 49.0 Å². The van der Waals surface area contributed by atoms with Gasteiger partial charge in [0, 0.05) is 26.8 Å². The second-order valence-corrected chi connectivity index (χ2v) is 4.83. The lowest BCUT2D eigenvalue weighted by molar-refractivity contribution is 0.951. The van der Waals surface area contributed by atoms with Crippen molar-refractivity contribution in [2.24, 2.45) is 4.99 Å². The molecule has 13 heavy (non-hydrogen) atoms. The quantitative estimate of drug-likeness (QED) is 0.748. The van der Waals surface area contributed by atoms with E-state index in [-0.39, 0.29) is 0 Å². The maximum Gasteiger partial charge on any atom is 0.0432 e. The van der Waals surface area contributed by atoms with Gasteiger partial charge in [0.2, 0.25) is 0 Å². The summed E-state index contributed by atoms with van der Waals surface area (Å²) in [7, 11) is 0. The van der Waals surface area contributed by atoms with Gasteiger partial charge in [-0.05, 0) is 31.0 Å². The summed E-state index contributed by atoms with van der Waals surface area (Å²) >= 11 is 7.01. The van der Waals surface area contributed by atoms with Gasteiger partial charge in [-0.1, -0.05) is 31.9 Å². The SMILES string of the molecule is Brc1ccc(Br)c(C2=NCCC2)c1. The molecule has 2 rings (SSSR count). The van der Waals surface area contributed by atoms with Gasteiger partial charge in [0.25, 0.3) is 0 Å². The van der Waals surface area contributed by atoms with Crippen LogP contribution in [-0.2, 0) is 0 Å². The lowest BCUT2D eigenvalue weighted by Crippen LogP contribution is -1.97. The van der Waals surface area contributed by atoms with Gasteiger partial charge in [-0.25, -0.2) is 0 Å². The smallest absolute Gasteiger partial charge is 0.0432 e. The number of halogens is 2. The van der Waals surface area contributed by atoms with E-state index in [1.54, 1.807) is 0 Å². The Hall–Kier alpha value is -0.150. The molecule has 1 heterocycles. The molecule has 0 aliphatic carbocycles. The Morgan fingerprint density at radius 2 is 2.08 bits per heavy atom. The average molecular weight is 303 g/mol. The molecule has 68 valence electrons. The van der Waals surface area contributed by atoms with Gasteiger partial charge >= 0.3 is 0 Å². The maximum atomic E-state index is 4.47. The molecule has 0 spiro atoms. The maximum absolute atomic E-state index is 4.47. The van der Waals surface area contributed by atoms with Crippen LogP contribution in [0.15, 0.2) is 32.1 Å². The fourth-order valence-corrected chi connectivity index (χ4v) is 2.31. The number of aliphatic imine (C=N–C) groups is 1. The van der Waals surface area contributed by atoms with Crippen LogP contribution in [0.2, 0.25) is 0 Å². The molecule has 0 atom stereocenters. The van der Waals surface area contributed by atoms with E-state index >= 15 is 0 Å². The van der Waals surface area contributed by atoms with Crippen LogP contribution in [-0.4, -0.2) is 12.3 Å². The van der Waals surface area contributed by atoms with E-state index in [9.17, 15) is 0 Å². The van der Waals surface area contributed by atoms with Crippen molar-refractivity contribution in [3.63, 3.8) is 0 Å². The standard InChI is InChI=1S/C10H9Br2N/c11-7-3-4-9(12)8(6-7)10-2-1-5-13-10/h3-4,6H,1-2,5H2. The fourth-order valence-electron chi connectivity index (χ4n) is 1.48. The van der Waals surface area contributed by atoms with Crippen molar-refractivity contribution in [2.75, 3.05) is 6.54 Å². The number of benzene rings is 1. The molecule has 0 bridgehead atoms. The molecule has 0 radical (unpaired) electrons. The second kappa shape index (κ2) is 3.93. The van der Waals surface area contributed by atoms with Crippen molar-refractivity contribution in [1.82, 2.24) is 0 Å². The van der Waals surface area contributed by atoms with Crippen LogP contribution in [0.4, 0.5) is 0 Å². The van der Waals surface area contributed by atoms with Crippen molar-refractivity contribution in [2.45, 2.75) is 12.8 Å². The first-order chi connectivity index (χ1) is 6.27. The minimum absolute atomic E-state index is 0.980. The molecule has 0 amide bonds. The van der Waals surface area contributed by atoms with Crippen molar-refractivity contribution in [3.05, 3.63) is 32.7 Å². The van der Waals surface area contributed by atoms with Gasteiger partial charge in [0.1, 0.15) is 0 Å². The van der Waals surface area contributed by atoms with E-state index < -0.39 is 0 Å². The third kappa shape index (κ3) is 2.02. The molecule has 0 saturated carbocycles. The summed E-state index contributed by atoms with van der Waals surface area (Å²) in [5.41, 5.74) is 2.46. The van der Waals surface area contributed by atoms with Crippen LogP contribution >= 0.6 is 31.9 Å². The number of nitrogens with zero attached hydrogens (tertiary/aromatic N) is 1. The van der Waals surface area contributed by atoms with Gasteiger partial charge in [0.15, 0.2) is 0 Å². The Labute approximate surface area is 94.5 Å². The minimum Gasteiger partial charge on any atom is -0.289 e. The van der Waals surface area contributed by atoms with E-state index in [0.29, 0.717) is 0 Å². The molecular weight excluding hydrogens is 294 g/mol. The molecule has 1 aliphatic heterocycles. The first-order valence-electron chi connectivity index (χ1n) is 4.26. The lowest BCUT2D eigenvalue weighted by atomic mass is 10.1. The molecule has 0 aromatic heterocycles. The molecule has 1 aromatic rings. The predicted octanol–water partition coefficient (Wildman–Crippen LogP) is 3.79. The monoisotopic (exact) mass is 301 g/mol. The van der Waals surface area contributed by atoms with Gasteiger partial charge in [0.05, 0.1) is 0 Å². The van der Waals surface area contributed by atoms with E-state index in [1.807, 2.05) is 6.07 Å². The minimum atomic E-state index is 0.980. The summed E-state index contributed by atoms with van der Waals surface area (Å²) in [6, 6.07) is 6.21. The Bertz CT molecular complexity index is 358. The first kappa shape index (κ1) is 9.41. The van der Waals surface area contributed by atoms with E-state index in [1.165, 1.54) is 17.7 Å². The highest BCUT2D eigenvalue weighted by molar-refractivity contribution is 9.11. The zero-order chi connectivity index (χ0) is 9.26. The molecule has 1 aliphatic rings. The Morgan fingerprint density at radius 3 is 2.77 bits per heavy atom. The largest absolute Gasteiger partial charge is 0.289 e. The van der Waals surface area contributed by atoms with Crippen LogP contribution in [0.5, 0.6) is 0 Å². The zero-order valence-corrected chi connectivity index (χ0v) is 10.2. The third-order valence-corrected chi connectivity index (χ3v) is 3.30. The van der Waals surface area contributed by atoms with Gasteiger partial charge < -0.3 is 0 Å². The third-order valence-electron chi connectivity index (χ3n) is 2.11. The molecular formula is C10H9Br2N. The summed E-state index contributed by atoms with van der Waals surface area (Å²) in [6.45, 7) is 0.980. The Kier molecular flexibility index (Phi) is 2.84. The highest BCUT2D eigenvalue weighted by atomic mass is 79.9. The van der Waals surface area contributed by atoms with Crippen LogP contribution in [0.3, 0.4) is 0 Å². The van der Waals surface area contributed by atoms with Gasteiger partial charge in [-0.15, -0.1) is 0 Å². The number of hydrogen-bond acceptors (Lipinski definition) is 1. The summed E-state index contributed by atoms with van der Waals surface area (Å²) < 4.78 is 2.25. The summed E-state index contributed by atoms with van der Waals surface area (Å²) in [5.74, 6) is 0. The Morgan fingerprint density at radius 1 is 1.23 bits per heavy atom. The zero-order valence-electron chi connectivity index (χ0n) is 7.06. The molecule has 3 heteroatoms. The van der Waals surface area contributed by atoms with Crippen LogP contribution in [0.1, 0.15) is 18.4 Å². The second-order valence-electron chi connectivity index (χ2n) is 3.06. The lowest BCUT2D eigenvalue weighted by Gasteiger charge is -2.04. The predicted molar refractivity (Wildman–Crippen MR) is 62.5 cm³/mol. The van der Waals surface area contributed by atoms with E-state index in [4.69, 9.17) is 0 Å². The van der Waals surface area contributed by atoms with Crippen molar-refractivity contribution < 1.29 is 0 Å². The molecule has 0 saturated heterocycles. The van der Waals surface area contributed by atoms with Gasteiger partial charge in [-0.3, -0.25) is 4.99 Å². The highest BCUT2D eigenvalue weighted by Gasteiger charge is 2.11. The summed E-state index contributed by atoms with van der Waals surface area (Å²) in [6.07, 6.45) is 2.29. The molecule has 1 nitrogen and oxygen atoms in total. The van der Waals surface area contributed by atoms with Crippen LogP contribution < -0.4 is 0 Å². The number of hydrogen-bond donors (Lipinski definition) is 0. The van der Waals surface area contributed by atoms with Gasteiger partial charge in [-0.2, -0.15) is 0 Å². The number of rotatable bonds is 1. The van der Waals surface area contributed by atoms with Crippen LogP contribution in [0.25, 0.3) is 0 Å². The molecule has 0 N–H and O–H groups in total. The molecule has 1 aromatic carbocycles.